The SMILES string of the molecule is CCCC(C(=O)c1ccc2ccccc2c1)c1ccncc1C. The van der Waals surface area contributed by atoms with Crippen molar-refractivity contribution in [1.82, 2.24) is 4.98 Å². The first-order valence-corrected chi connectivity index (χ1v) is 8.14. The molecule has 116 valence electrons. The molecule has 0 spiro atoms. The summed E-state index contributed by atoms with van der Waals surface area (Å²) < 4.78 is 0. The molecule has 2 heteroatoms. The molecule has 0 N–H and O–H groups in total. The minimum Gasteiger partial charge on any atom is -0.293 e. The summed E-state index contributed by atoms with van der Waals surface area (Å²) in [6.45, 7) is 4.15. The van der Waals surface area contributed by atoms with Gasteiger partial charge in [-0.3, -0.25) is 9.78 Å². The molecule has 3 aromatic rings. The van der Waals surface area contributed by atoms with E-state index in [4.69, 9.17) is 0 Å². The number of hydrogen-bond donors (Lipinski definition) is 0. The van der Waals surface area contributed by atoms with Gasteiger partial charge in [-0.25, -0.2) is 0 Å². The molecule has 0 aliphatic rings. The van der Waals surface area contributed by atoms with Crippen LogP contribution in [-0.4, -0.2) is 10.8 Å². The number of aryl methyl sites for hydroxylation is 1. The summed E-state index contributed by atoms with van der Waals surface area (Å²) in [6, 6.07) is 16.1. The molecule has 0 fully saturated rings. The molecule has 0 aliphatic carbocycles. The fraction of sp³-hybridized carbons (Fsp3) is 0.238. The number of benzene rings is 2. The summed E-state index contributed by atoms with van der Waals surface area (Å²) >= 11 is 0. The van der Waals surface area contributed by atoms with Crippen LogP contribution in [0.5, 0.6) is 0 Å². The third kappa shape index (κ3) is 3.16. The maximum absolute atomic E-state index is 13.1. The van der Waals surface area contributed by atoms with E-state index < -0.39 is 0 Å². The normalized spacial score (nSPS) is 12.3. The summed E-state index contributed by atoms with van der Waals surface area (Å²) in [5.41, 5.74) is 2.97. The Morgan fingerprint density at radius 1 is 1.09 bits per heavy atom. The van der Waals surface area contributed by atoms with Gasteiger partial charge in [-0.05, 0) is 47.4 Å². The topological polar surface area (TPSA) is 30.0 Å². The number of hydrogen-bond acceptors (Lipinski definition) is 2. The summed E-state index contributed by atoms with van der Waals surface area (Å²) in [4.78, 5) is 17.3. The molecule has 0 saturated heterocycles. The van der Waals surface area contributed by atoms with Crippen molar-refractivity contribution < 1.29 is 4.79 Å². The molecule has 0 radical (unpaired) electrons. The van der Waals surface area contributed by atoms with E-state index in [1.807, 2.05) is 49.5 Å². The molecule has 23 heavy (non-hydrogen) atoms. The van der Waals surface area contributed by atoms with Crippen LogP contribution in [0.1, 0.15) is 47.2 Å². The van der Waals surface area contributed by atoms with Crippen LogP contribution in [0.3, 0.4) is 0 Å². The monoisotopic (exact) mass is 303 g/mol. The first-order valence-electron chi connectivity index (χ1n) is 8.14. The number of rotatable bonds is 5. The summed E-state index contributed by atoms with van der Waals surface area (Å²) in [6.07, 6.45) is 5.45. The van der Waals surface area contributed by atoms with Gasteiger partial charge in [0, 0.05) is 23.9 Å². The van der Waals surface area contributed by atoms with Crippen molar-refractivity contribution in [3.63, 3.8) is 0 Å². The Balaban J connectivity index is 2.01. The fourth-order valence-corrected chi connectivity index (χ4v) is 3.14. The minimum atomic E-state index is -0.0934. The van der Waals surface area contributed by atoms with Gasteiger partial charge in [-0.15, -0.1) is 0 Å². The van der Waals surface area contributed by atoms with Crippen molar-refractivity contribution in [2.45, 2.75) is 32.6 Å². The Labute approximate surface area is 137 Å². The van der Waals surface area contributed by atoms with Gasteiger partial charge in [0.15, 0.2) is 5.78 Å². The van der Waals surface area contributed by atoms with Gasteiger partial charge in [-0.1, -0.05) is 49.7 Å². The highest BCUT2D eigenvalue weighted by atomic mass is 16.1. The zero-order valence-electron chi connectivity index (χ0n) is 13.6. The van der Waals surface area contributed by atoms with Gasteiger partial charge in [0.25, 0.3) is 0 Å². The zero-order chi connectivity index (χ0) is 16.2. The van der Waals surface area contributed by atoms with Crippen molar-refractivity contribution in [2.75, 3.05) is 0 Å². The lowest BCUT2D eigenvalue weighted by Gasteiger charge is -2.18. The average molecular weight is 303 g/mol. The van der Waals surface area contributed by atoms with E-state index in [1.54, 1.807) is 6.20 Å². The first-order chi connectivity index (χ1) is 11.2. The molecule has 3 rings (SSSR count). The zero-order valence-corrected chi connectivity index (χ0v) is 13.6. The molecule has 1 heterocycles. The standard InChI is InChI=1S/C21H21NO/c1-3-6-20(19-11-12-22-14-15(19)2)21(23)18-10-9-16-7-4-5-8-17(16)13-18/h4-5,7-14,20H,3,6H2,1-2H3. The predicted octanol–water partition coefficient (Wildman–Crippen LogP) is 5.31. The van der Waals surface area contributed by atoms with Crippen molar-refractivity contribution in [2.24, 2.45) is 0 Å². The highest BCUT2D eigenvalue weighted by molar-refractivity contribution is 6.03. The lowest BCUT2D eigenvalue weighted by Crippen LogP contribution is -2.14. The largest absolute Gasteiger partial charge is 0.293 e. The number of nitrogens with zero attached hydrogens (tertiary/aromatic N) is 1. The predicted molar refractivity (Wildman–Crippen MR) is 94.9 cm³/mol. The number of aromatic nitrogens is 1. The lowest BCUT2D eigenvalue weighted by atomic mass is 9.85. The molecule has 0 amide bonds. The van der Waals surface area contributed by atoms with Crippen molar-refractivity contribution in [3.8, 4) is 0 Å². The minimum absolute atomic E-state index is 0.0934. The maximum atomic E-state index is 13.1. The van der Waals surface area contributed by atoms with Crippen molar-refractivity contribution in [1.29, 1.82) is 0 Å². The molecular formula is C21H21NO. The Hall–Kier alpha value is -2.48. The number of Topliss-reactive ketones (excluding diaryl/α,β-unsaturated/α-hetero) is 1. The van der Waals surface area contributed by atoms with E-state index in [0.29, 0.717) is 0 Å². The third-order valence-electron chi connectivity index (χ3n) is 4.37. The van der Waals surface area contributed by atoms with Gasteiger partial charge in [-0.2, -0.15) is 0 Å². The Bertz CT molecular complexity index is 838. The molecule has 1 aromatic heterocycles. The van der Waals surface area contributed by atoms with E-state index in [1.165, 1.54) is 0 Å². The summed E-state index contributed by atoms with van der Waals surface area (Å²) in [5, 5.41) is 2.27. The Morgan fingerprint density at radius 3 is 2.61 bits per heavy atom. The smallest absolute Gasteiger partial charge is 0.170 e. The van der Waals surface area contributed by atoms with Gasteiger partial charge in [0.05, 0.1) is 0 Å². The highest BCUT2D eigenvalue weighted by Crippen LogP contribution is 2.29. The highest BCUT2D eigenvalue weighted by Gasteiger charge is 2.22. The molecule has 1 unspecified atom stereocenters. The Kier molecular flexibility index (Phi) is 4.52. The molecule has 0 aliphatic heterocycles. The second kappa shape index (κ2) is 6.74. The van der Waals surface area contributed by atoms with E-state index in [0.717, 1.165) is 40.3 Å². The Morgan fingerprint density at radius 2 is 1.87 bits per heavy atom. The van der Waals surface area contributed by atoms with Crippen LogP contribution in [0, 0.1) is 6.92 Å². The maximum Gasteiger partial charge on any atom is 0.170 e. The third-order valence-corrected chi connectivity index (χ3v) is 4.37. The number of ketones is 1. The summed E-state index contributed by atoms with van der Waals surface area (Å²) in [5.74, 6) is 0.107. The fourth-order valence-electron chi connectivity index (χ4n) is 3.14. The second-order valence-electron chi connectivity index (χ2n) is 6.00. The lowest BCUT2D eigenvalue weighted by molar-refractivity contribution is 0.0954. The molecular weight excluding hydrogens is 282 g/mol. The number of carbonyl (C=O) groups excluding carboxylic acids is 1. The quantitative estimate of drug-likeness (QED) is 0.598. The van der Waals surface area contributed by atoms with E-state index in [2.05, 4.69) is 24.0 Å². The van der Waals surface area contributed by atoms with E-state index in [9.17, 15) is 4.79 Å². The van der Waals surface area contributed by atoms with Crippen LogP contribution in [0.2, 0.25) is 0 Å². The molecule has 0 bridgehead atoms. The van der Waals surface area contributed by atoms with Gasteiger partial charge >= 0.3 is 0 Å². The molecule has 0 saturated carbocycles. The van der Waals surface area contributed by atoms with Crippen LogP contribution >= 0.6 is 0 Å². The van der Waals surface area contributed by atoms with Crippen LogP contribution in [-0.2, 0) is 0 Å². The first kappa shape index (κ1) is 15.4. The van der Waals surface area contributed by atoms with Crippen LogP contribution in [0.25, 0.3) is 10.8 Å². The van der Waals surface area contributed by atoms with Gasteiger partial charge in [0.1, 0.15) is 0 Å². The average Bonchev–Trinajstić information content (AvgIpc) is 2.59. The van der Waals surface area contributed by atoms with Crippen molar-refractivity contribution in [3.05, 3.63) is 77.6 Å². The number of fused-ring (bicyclic) bond motifs is 1. The van der Waals surface area contributed by atoms with Crippen LogP contribution < -0.4 is 0 Å². The van der Waals surface area contributed by atoms with E-state index in [-0.39, 0.29) is 11.7 Å². The van der Waals surface area contributed by atoms with Crippen molar-refractivity contribution >= 4 is 16.6 Å². The van der Waals surface area contributed by atoms with Crippen LogP contribution in [0.15, 0.2) is 60.9 Å². The number of pyridine rings is 1. The van der Waals surface area contributed by atoms with Gasteiger partial charge < -0.3 is 0 Å². The van der Waals surface area contributed by atoms with Gasteiger partial charge in [0.2, 0.25) is 0 Å². The molecule has 1 atom stereocenters. The summed E-state index contributed by atoms with van der Waals surface area (Å²) in [7, 11) is 0. The second-order valence-corrected chi connectivity index (χ2v) is 6.00. The molecule has 2 aromatic carbocycles. The van der Waals surface area contributed by atoms with E-state index >= 15 is 0 Å². The number of carbonyl (C=O) groups is 1. The molecule has 2 nitrogen and oxygen atoms in total. The van der Waals surface area contributed by atoms with Crippen LogP contribution in [0.4, 0.5) is 0 Å².